The molecular weight excluding hydrogens is 206 g/mol. The molecule has 0 unspecified atom stereocenters. The standard InChI is InChI=1S/C12H11NO3/c1-7-11(8(2)15)12(9(6-14)13-7)10-4-3-5-16-10/h3-6,13H,1-2H3. The molecule has 0 fully saturated rings. The third-order valence-electron chi connectivity index (χ3n) is 2.45. The predicted octanol–water partition coefficient (Wildman–Crippen LogP) is 2.60. The molecule has 2 rings (SSSR count). The molecule has 4 nitrogen and oxygen atoms in total. The van der Waals surface area contributed by atoms with E-state index in [0.29, 0.717) is 34.6 Å². The molecule has 2 aromatic rings. The monoisotopic (exact) mass is 217 g/mol. The fourth-order valence-corrected chi connectivity index (χ4v) is 1.85. The second-order valence-corrected chi connectivity index (χ2v) is 3.57. The van der Waals surface area contributed by atoms with E-state index in [4.69, 9.17) is 4.42 Å². The van der Waals surface area contributed by atoms with Crippen molar-refractivity contribution in [2.75, 3.05) is 0 Å². The zero-order chi connectivity index (χ0) is 11.7. The van der Waals surface area contributed by atoms with Crippen molar-refractivity contribution in [1.82, 2.24) is 4.98 Å². The molecular formula is C12H11NO3. The number of carbonyl (C=O) groups is 2. The van der Waals surface area contributed by atoms with Gasteiger partial charge in [0.25, 0.3) is 0 Å². The van der Waals surface area contributed by atoms with Crippen molar-refractivity contribution in [2.24, 2.45) is 0 Å². The Bertz CT molecular complexity index is 535. The molecule has 0 aliphatic heterocycles. The van der Waals surface area contributed by atoms with E-state index < -0.39 is 0 Å². The summed E-state index contributed by atoms with van der Waals surface area (Å²) in [5.41, 5.74) is 2.11. The number of aldehydes is 1. The Labute approximate surface area is 92.3 Å². The van der Waals surface area contributed by atoms with Gasteiger partial charge < -0.3 is 9.40 Å². The van der Waals surface area contributed by atoms with Crippen molar-refractivity contribution >= 4 is 12.1 Å². The lowest BCUT2D eigenvalue weighted by Gasteiger charge is -1.98. The topological polar surface area (TPSA) is 63.1 Å². The Morgan fingerprint density at radius 1 is 1.50 bits per heavy atom. The third kappa shape index (κ3) is 1.48. The fourth-order valence-electron chi connectivity index (χ4n) is 1.85. The molecule has 0 amide bonds. The van der Waals surface area contributed by atoms with Gasteiger partial charge in [-0.05, 0) is 26.0 Å². The van der Waals surface area contributed by atoms with Gasteiger partial charge in [-0.2, -0.15) is 0 Å². The zero-order valence-electron chi connectivity index (χ0n) is 9.03. The number of aromatic nitrogens is 1. The van der Waals surface area contributed by atoms with Crippen LogP contribution in [0.4, 0.5) is 0 Å². The minimum atomic E-state index is -0.0896. The molecule has 0 aliphatic carbocycles. The van der Waals surface area contributed by atoms with Crippen molar-refractivity contribution in [3.8, 4) is 11.3 Å². The van der Waals surface area contributed by atoms with Crippen molar-refractivity contribution in [3.63, 3.8) is 0 Å². The maximum absolute atomic E-state index is 11.5. The smallest absolute Gasteiger partial charge is 0.167 e. The Morgan fingerprint density at radius 2 is 2.25 bits per heavy atom. The minimum Gasteiger partial charge on any atom is -0.464 e. The molecule has 4 heteroatoms. The van der Waals surface area contributed by atoms with Crippen LogP contribution in [0, 0.1) is 6.92 Å². The van der Waals surface area contributed by atoms with Gasteiger partial charge in [0.15, 0.2) is 12.1 Å². The van der Waals surface area contributed by atoms with Crippen LogP contribution in [0.5, 0.6) is 0 Å². The molecule has 0 atom stereocenters. The molecule has 82 valence electrons. The summed E-state index contributed by atoms with van der Waals surface area (Å²) >= 11 is 0. The number of H-pyrrole nitrogens is 1. The number of hydrogen-bond acceptors (Lipinski definition) is 3. The number of rotatable bonds is 3. The first-order valence-electron chi connectivity index (χ1n) is 4.87. The molecule has 0 aliphatic rings. The summed E-state index contributed by atoms with van der Waals surface area (Å²) in [7, 11) is 0. The summed E-state index contributed by atoms with van der Waals surface area (Å²) in [6, 6.07) is 3.44. The third-order valence-corrected chi connectivity index (χ3v) is 2.45. The molecule has 0 radical (unpaired) electrons. The van der Waals surface area contributed by atoms with Gasteiger partial charge >= 0.3 is 0 Å². The highest BCUT2D eigenvalue weighted by molar-refractivity contribution is 6.05. The molecule has 2 aromatic heterocycles. The van der Waals surface area contributed by atoms with E-state index in [1.807, 2.05) is 0 Å². The minimum absolute atomic E-state index is 0.0896. The summed E-state index contributed by atoms with van der Waals surface area (Å²) < 4.78 is 5.24. The van der Waals surface area contributed by atoms with Gasteiger partial charge in [-0.3, -0.25) is 9.59 Å². The molecule has 0 aromatic carbocycles. The van der Waals surface area contributed by atoms with E-state index in [0.717, 1.165) is 0 Å². The second kappa shape index (κ2) is 3.81. The number of Topliss-reactive ketones (excluding diaryl/α,β-unsaturated/α-hetero) is 1. The van der Waals surface area contributed by atoms with Gasteiger partial charge in [-0.1, -0.05) is 0 Å². The molecule has 0 bridgehead atoms. The number of nitrogens with one attached hydrogen (secondary N) is 1. The molecule has 16 heavy (non-hydrogen) atoms. The highest BCUT2D eigenvalue weighted by Gasteiger charge is 2.21. The van der Waals surface area contributed by atoms with E-state index in [1.165, 1.54) is 13.2 Å². The SMILES string of the molecule is CC(=O)c1c(C)[nH]c(C=O)c1-c1ccco1. The number of furan rings is 1. The molecule has 2 heterocycles. The first-order valence-corrected chi connectivity index (χ1v) is 4.87. The number of hydrogen-bond donors (Lipinski definition) is 1. The van der Waals surface area contributed by atoms with Gasteiger partial charge in [0.1, 0.15) is 5.76 Å². The Balaban J connectivity index is 2.74. The van der Waals surface area contributed by atoms with Gasteiger partial charge in [0.05, 0.1) is 17.5 Å². The maximum Gasteiger partial charge on any atom is 0.167 e. The van der Waals surface area contributed by atoms with Crippen LogP contribution in [0.15, 0.2) is 22.8 Å². The maximum atomic E-state index is 11.5. The lowest BCUT2D eigenvalue weighted by Crippen LogP contribution is -1.95. The first-order chi connectivity index (χ1) is 7.65. The van der Waals surface area contributed by atoms with Gasteiger partial charge in [-0.25, -0.2) is 0 Å². The van der Waals surface area contributed by atoms with Crippen LogP contribution < -0.4 is 0 Å². The van der Waals surface area contributed by atoms with Crippen molar-refractivity contribution in [1.29, 1.82) is 0 Å². The number of aryl methyl sites for hydroxylation is 1. The second-order valence-electron chi connectivity index (χ2n) is 3.57. The van der Waals surface area contributed by atoms with Crippen LogP contribution in [0.3, 0.4) is 0 Å². The highest BCUT2D eigenvalue weighted by Crippen LogP contribution is 2.30. The van der Waals surface area contributed by atoms with Crippen molar-refractivity contribution < 1.29 is 14.0 Å². The number of ketones is 1. The largest absolute Gasteiger partial charge is 0.464 e. The van der Waals surface area contributed by atoms with Gasteiger partial charge in [-0.15, -0.1) is 0 Å². The molecule has 0 saturated carbocycles. The van der Waals surface area contributed by atoms with Crippen LogP contribution in [-0.4, -0.2) is 17.1 Å². The summed E-state index contributed by atoms with van der Waals surface area (Å²) in [6.45, 7) is 3.23. The van der Waals surface area contributed by atoms with E-state index in [1.54, 1.807) is 19.1 Å². The molecule has 1 N–H and O–H groups in total. The lowest BCUT2D eigenvalue weighted by molar-refractivity contribution is 0.101. The lowest BCUT2D eigenvalue weighted by atomic mass is 10.0. The molecule has 0 saturated heterocycles. The summed E-state index contributed by atoms with van der Waals surface area (Å²) in [6.07, 6.45) is 2.20. The van der Waals surface area contributed by atoms with E-state index in [9.17, 15) is 9.59 Å². The first kappa shape index (κ1) is 10.4. The van der Waals surface area contributed by atoms with Crippen LogP contribution in [-0.2, 0) is 0 Å². The predicted molar refractivity (Wildman–Crippen MR) is 58.6 cm³/mol. The summed E-state index contributed by atoms with van der Waals surface area (Å²) in [4.78, 5) is 25.3. The van der Waals surface area contributed by atoms with Crippen LogP contribution in [0.2, 0.25) is 0 Å². The average molecular weight is 217 g/mol. The van der Waals surface area contributed by atoms with Crippen LogP contribution in [0.1, 0.15) is 33.5 Å². The van der Waals surface area contributed by atoms with E-state index >= 15 is 0 Å². The zero-order valence-corrected chi connectivity index (χ0v) is 9.03. The normalized spacial score (nSPS) is 10.4. The van der Waals surface area contributed by atoms with Crippen molar-refractivity contribution in [3.05, 3.63) is 35.3 Å². The van der Waals surface area contributed by atoms with E-state index in [2.05, 4.69) is 4.98 Å². The average Bonchev–Trinajstić information content (AvgIpc) is 2.82. The van der Waals surface area contributed by atoms with Crippen LogP contribution >= 0.6 is 0 Å². The Morgan fingerprint density at radius 3 is 2.75 bits per heavy atom. The van der Waals surface area contributed by atoms with Gasteiger partial charge in [0.2, 0.25) is 0 Å². The quantitative estimate of drug-likeness (QED) is 0.634. The van der Waals surface area contributed by atoms with Crippen molar-refractivity contribution in [2.45, 2.75) is 13.8 Å². The Kier molecular flexibility index (Phi) is 2.48. The molecule has 0 spiro atoms. The Hall–Kier alpha value is -2.10. The van der Waals surface area contributed by atoms with Gasteiger partial charge in [0, 0.05) is 11.3 Å². The van der Waals surface area contributed by atoms with Crippen LogP contribution in [0.25, 0.3) is 11.3 Å². The van der Waals surface area contributed by atoms with E-state index in [-0.39, 0.29) is 5.78 Å². The number of aromatic amines is 1. The highest BCUT2D eigenvalue weighted by atomic mass is 16.3. The number of carbonyl (C=O) groups excluding carboxylic acids is 2. The summed E-state index contributed by atoms with van der Waals surface area (Å²) in [5, 5.41) is 0. The summed E-state index contributed by atoms with van der Waals surface area (Å²) in [5.74, 6) is 0.435. The fraction of sp³-hybridized carbons (Fsp3) is 0.167.